The van der Waals surface area contributed by atoms with Crippen LogP contribution in [0.1, 0.15) is 58.9 Å². The number of hydrogen-bond donors (Lipinski definition) is 1. The molecule has 0 aliphatic carbocycles. The molecule has 1 aromatic rings. The molecule has 0 aromatic heterocycles. The summed E-state index contributed by atoms with van der Waals surface area (Å²) in [6.07, 6.45) is 5.39. The van der Waals surface area contributed by atoms with Gasteiger partial charge in [0.2, 0.25) is 0 Å². The van der Waals surface area contributed by atoms with E-state index < -0.39 is 0 Å². The van der Waals surface area contributed by atoms with E-state index in [1.807, 2.05) is 0 Å². The van der Waals surface area contributed by atoms with Gasteiger partial charge in [-0.3, -0.25) is 0 Å². The standard InChI is InChI=1S/C19H32N2/c1-5-11-19(12-6-2)14-21(15-19)18-9-7-17(8-10-18)13-20-16(3)4/h7-10,16,20H,5-6,11-15H2,1-4H3. The van der Waals surface area contributed by atoms with Crippen molar-refractivity contribution in [3.05, 3.63) is 29.8 Å². The molecule has 1 aliphatic rings. The van der Waals surface area contributed by atoms with E-state index in [0.717, 1.165) is 6.54 Å². The Morgan fingerprint density at radius 2 is 1.62 bits per heavy atom. The highest BCUT2D eigenvalue weighted by Gasteiger charge is 2.41. The Morgan fingerprint density at radius 3 is 2.10 bits per heavy atom. The molecular weight excluding hydrogens is 256 g/mol. The average Bonchev–Trinajstić information content (AvgIpc) is 2.43. The summed E-state index contributed by atoms with van der Waals surface area (Å²) in [5.74, 6) is 0. The number of benzene rings is 1. The van der Waals surface area contributed by atoms with Crippen molar-refractivity contribution < 1.29 is 0 Å². The van der Waals surface area contributed by atoms with Gasteiger partial charge in [-0.1, -0.05) is 52.7 Å². The van der Waals surface area contributed by atoms with Crippen LogP contribution in [0.5, 0.6) is 0 Å². The highest BCUT2D eigenvalue weighted by atomic mass is 15.2. The van der Waals surface area contributed by atoms with Gasteiger partial charge in [-0.15, -0.1) is 0 Å². The molecule has 0 atom stereocenters. The zero-order valence-corrected chi connectivity index (χ0v) is 14.3. The molecule has 0 amide bonds. The largest absolute Gasteiger partial charge is 0.370 e. The number of nitrogens with zero attached hydrogens (tertiary/aromatic N) is 1. The van der Waals surface area contributed by atoms with Crippen molar-refractivity contribution in [2.75, 3.05) is 18.0 Å². The minimum Gasteiger partial charge on any atom is -0.370 e. The van der Waals surface area contributed by atoms with Gasteiger partial charge in [0.25, 0.3) is 0 Å². The Labute approximate surface area is 130 Å². The number of anilines is 1. The average molecular weight is 288 g/mol. The van der Waals surface area contributed by atoms with Crippen LogP contribution in [0.2, 0.25) is 0 Å². The molecule has 0 bridgehead atoms. The first-order valence-corrected chi connectivity index (χ1v) is 8.66. The second-order valence-corrected chi connectivity index (χ2v) is 7.06. The van der Waals surface area contributed by atoms with Gasteiger partial charge < -0.3 is 10.2 Å². The highest BCUT2D eigenvalue weighted by Crippen LogP contribution is 2.41. The van der Waals surface area contributed by atoms with E-state index >= 15 is 0 Å². The van der Waals surface area contributed by atoms with Crippen LogP contribution >= 0.6 is 0 Å². The third-order valence-corrected chi connectivity index (χ3v) is 4.63. The fourth-order valence-corrected chi connectivity index (χ4v) is 3.59. The fourth-order valence-electron chi connectivity index (χ4n) is 3.59. The summed E-state index contributed by atoms with van der Waals surface area (Å²) in [6, 6.07) is 9.66. The topological polar surface area (TPSA) is 15.3 Å². The molecule has 1 aromatic carbocycles. The molecule has 21 heavy (non-hydrogen) atoms. The van der Waals surface area contributed by atoms with Crippen molar-refractivity contribution in [3.8, 4) is 0 Å². The van der Waals surface area contributed by atoms with Crippen LogP contribution in [0, 0.1) is 5.41 Å². The lowest BCUT2D eigenvalue weighted by molar-refractivity contribution is 0.173. The third kappa shape index (κ3) is 4.23. The van der Waals surface area contributed by atoms with E-state index in [4.69, 9.17) is 0 Å². The first-order valence-electron chi connectivity index (χ1n) is 8.66. The summed E-state index contributed by atoms with van der Waals surface area (Å²) in [7, 11) is 0. The Hall–Kier alpha value is -1.02. The van der Waals surface area contributed by atoms with E-state index in [-0.39, 0.29) is 0 Å². The first kappa shape index (κ1) is 16.4. The van der Waals surface area contributed by atoms with Gasteiger partial charge >= 0.3 is 0 Å². The van der Waals surface area contributed by atoms with Crippen LogP contribution in [0.4, 0.5) is 5.69 Å². The molecule has 2 nitrogen and oxygen atoms in total. The van der Waals surface area contributed by atoms with E-state index in [1.165, 1.54) is 50.0 Å². The molecule has 1 heterocycles. The molecule has 1 N–H and O–H groups in total. The predicted molar refractivity (Wildman–Crippen MR) is 92.9 cm³/mol. The van der Waals surface area contributed by atoms with Gasteiger partial charge in [-0.05, 0) is 30.5 Å². The maximum atomic E-state index is 3.47. The van der Waals surface area contributed by atoms with Crippen molar-refractivity contribution in [1.82, 2.24) is 5.32 Å². The van der Waals surface area contributed by atoms with Crippen LogP contribution in [-0.4, -0.2) is 19.1 Å². The van der Waals surface area contributed by atoms with Crippen molar-refractivity contribution in [2.45, 2.75) is 66.0 Å². The fraction of sp³-hybridized carbons (Fsp3) is 0.684. The van der Waals surface area contributed by atoms with Crippen LogP contribution in [0.15, 0.2) is 24.3 Å². The smallest absolute Gasteiger partial charge is 0.0366 e. The molecule has 0 saturated carbocycles. The summed E-state index contributed by atoms with van der Waals surface area (Å²) >= 11 is 0. The van der Waals surface area contributed by atoms with Crippen molar-refractivity contribution in [2.24, 2.45) is 5.41 Å². The molecule has 1 aliphatic heterocycles. The maximum Gasteiger partial charge on any atom is 0.0366 e. The highest BCUT2D eigenvalue weighted by molar-refractivity contribution is 5.50. The number of hydrogen-bond acceptors (Lipinski definition) is 2. The van der Waals surface area contributed by atoms with E-state index in [0.29, 0.717) is 11.5 Å². The van der Waals surface area contributed by atoms with Gasteiger partial charge in [-0.2, -0.15) is 0 Å². The van der Waals surface area contributed by atoms with Gasteiger partial charge in [0.1, 0.15) is 0 Å². The normalized spacial score (nSPS) is 17.1. The maximum absolute atomic E-state index is 3.47. The second-order valence-electron chi connectivity index (χ2n) is 7.06. The third-order valence-electron chi connectivity index (χ3n) is 4.63. The summed E-state index contributed by atoms with van der Waals surface area (Å²) in [5, 5.41) is 3.47. The summed E-state index contributed by atoms with van der Waals surface area (Å²) < 4.78 is 0. The van der Waals surface area contributed by atoms with Gasteiger partial charge in [0.05, 0.1) is 0 Å². The number of rotatable bonds is 8. The van der Waals surface area contributed by atoms with Crippen LogP contribution in [0.25, 0.3) is 0 Å². The Kier molecular flexibility index (Phi) is 5.69. The van der Waals surface area contributed by atoms with E-state index in [1.54, 1.807) is 0 Å². The minimum atomic E-state index is 0.545. The lowest BCUT2D eigenvalue weighted by atomic mass is 9.72. The summed E-state index contributed by atoms with van der Waals surface area (Å²) in [4.78, 5) is 2.55. The van der Waals surface area contributed by atoms with E-state index in [9.17, 15) is 0 Å². The monoisotopic (exact) mass is 288 g/mol. The van der Waals surface area contributed by atoms with Crippen LogP contribution in [0.3, 0.4) is 0 Å². The van der Waals surface area contributed by atoms with Gasteiger partial charge in [0.15, 0.2) is 0 Å². The molecule has 2 heteroatoms. The lowest BCUT2D eigenvalue weighted by Gasteiger charge is -2.52. The van der Waals surface area contributed by atoms with Crippen LogP contribution in [-0.2, 0) is 6.54 Å². The minimum absolute atomic E-state index is 0.545. The second kappa shape index (κ2) is 7.31. The quantitative estimate of drug-likeness (QED) is 0.752. The zero-order chi connectivity index (χ0) is 15.3. The summed E-state index contributed by atoms with van der Waals surface area (Å²) in [6.45, 7) is 12.5. The Bertz CT molecular complexity index is 408. The van der Waals surface area contributed by atoms with E-state index in [2.05, 4.69) is 62.2 Å². The van der Waals surface area contributed by atoms with Crippen molar-refractivity contribution in [3.63, 3.8) is 0 Å². The first-order chi connectivity index (χ1) is 10.1. The molecular formula is C19H32N2. The Morgan fingerprint density at radius 1 is 1.05 bits per heavy atom. The molecule has 0 spiro atoms. The molecule has 0 radical (unpaired) electrons. The molecule has 1 fully saturated rings. The Balaban J connectivity index is 1.89. The SMILES string of the molecule is CCCC1(CCC)CN(c2ccc(CNC(C)C)cc2)C1. The molecule has 2 rings (SSSR count). The molecule has 118 valence electrons. The predicted octanol–water partition coefficient (Wildman–Crippen LogP) is 4.59. The van der Waals surface area contributed by atoms with Crippen molar-refractivity contribution >= 4 is 5.69 Å². The van der Waals surface area contributed by atoms with Crippen molar-refractivity contribution in [1.29, 1.82) is 0 Å². The summed E-state index contributed by atoms with van der Waals surface area (Å²) in [5.41, 5.74) is 3.37. The number of nitrogens with one attached hydrogen (secondary N) is 1. The van der Waals surface area contributed by atoms with Crippen LogP contribution < -0.4 is 10.2 Å². The van der Waals surface area contributed by atoms with Gasteiger partial charge in [0, 0.05) is 36.8 Å². The molecule has 1 saturated heterocycles. The zero-order valence-electron chi connectivity index (χ0n) is 14.3. The lowest BCUT2D eigenvalue weighted by Crippen LogP contribution is -2.56. The van der Waals surface area contributed by atoms with Gasteiger partial charge in [-0.25, -0.2) is 0 Å². The molecule has 0 unspecified atom stereocenters.